The maximum atomic E-state index is 11.9. The Hall–Kier alpha value is -2.15. The molecule has 20 heavy (non-hydrogen) atoms. The van der Waals surface area contributed by atoms with Crippen LogP contribution >= 0.6 is 12.4 Å². The van der Waals surface area contributed by atoms with E-state index < -0.39 is 12.0 Å². The van der Waals surface area contributed by atoms with Crippen LogP contribution in [-0.4, -0.2) is 32.1 Å². The molecule has 8 heteroatoms. The number of rotatable bonds is 3. The Morgan fingerprint density at radius 1 is 1.45 bits per heavy atom. The van der Waals surface area contributed by atoms with Gasteiger partial charge in [-0.2, -0.15) is 0 Å². The molecule has 1 unspecified atom stereocenters. The van der Waals surface area contributed by atoms with E-state index in [0.717, 1.165) is 17.0 Å². The van der Waals surface area contributed by atoms with Gasteiger partial charge in [-0.25, -0.2) is 4.79 Å². The fourth-order valence-corrected chi connectivity index (χ4v) is 2.11. The third-order valence-corrected chi connectivity index (χ3v) is 3.06. The molecule has 0 fully saturated rings. The van der Waals surface area contributed by atoms with Gasteiger partial charge in [0.2, 0.25) is 5.96 Å². The molecule has 2 rings (SSSR count). The quantitative estimate of drug-likeness (QED) is 0.358. The molecule has 0 spiro atoms. The first-order valence-corrected chi connectivity index (χ1v) is 5.72. The number of oxime groups is 1. The first-order valence-electron chi connectivity index (χ1n) is 5.72. The topological polar surface area (TPSA) is 103 Å². The van der Waals surface area contributed by atoms with E-state index in [9.17, 15) is 4.79 Å². The van der Waals surface area contributed by atoms with Crippen LogP contribution in [0.3, 0.4) is 0 Å². The standard InChI is InChI=1S/C12H16N4O3.ClH/c1-16-9-4-3-8(18-2)5-7(9)6-10(16)11(17)19-15-12(13)14;/h3-5,10H,6H2,1-2H3,(H4,13,14,15);1H. The molecule has 0 amide bonds. The number of halogens is 1. The number of nitrogens with two attached hydrogens (primary N) is 2. The van der Waals surface area contributed by atoms with E-state index in [1.54, 1.807) is 7.11 Å². The van der Waals surface area contributed by atoms with Crippen molar-refractivity contribution >= 4 is 30.0 Å². The number of fused-ring (bicyclic) bond motifs is 1. The third-order valence-electron chi connectivity index (χ3n) is 3.06. The lowest BCUT2D eigenvalue weighted by Crippen LogP contribution is -2.37. The van der Waals surface area contributed by atoms with E-state index in [1.807, 2.05) is 30.1 Å². The van der Waals surface area contributed by atoms with Crippen molar-refractivity contribution in [3.05, 3.63) is 23.8 Å². The molecule has 0 bridgehead atoms. The maximum absolute atomic E-state index is 11.9. The van der Waals surface area contributed by atoms with Gasteiger partial charge in [0, 0.05) is 19.2 Å². The summed E-state index contributed by atoms with van der Waals surface area (Å²) >= 11 is 0. The number of guanidine groups is 1. The number of ether oxygens (including phenoxy) is 1. The van der Waals surface area contributed by atoms with Crippen LogP contribution < -0.4 is 21.1 Å². The molecule has 0 saturated carbocycles. The summed E-state index contributed by atoms with van der Waals surface area (Å²) in [6.07, 6.45) is 0.530. The van der Waals surface area contributed by atoms with Crippen LogP contribution in [0.5, 0.6) is 5.75 Å². The molecule has 0 radical (unpaired) electrons. The van der Waals surface area contributed by atoms with Crippen molar-refractivity contribution in [2.75, 3.05) is 19.1 Å². The SMILES string of the molecule is COc1ccc2c(c1)CC(C(=O)ON=C(N)N)N2C.Cl. The van der Waals surface area contributed by atoms with Gasteiger partial charge in [-0.1, -0.05) is 0 Å². The minimum absolute atomic E-state index is 0. The Kier molecular flexibility index (Phi) is 5.04. The molecule has 1 aliphatic heterocycles. The molecule has 0 aliphatic carbocycles. The molecule has 1 aromatic rings. The normalized spacial score (nSPS) is 15.9. The summed E-state index contributed by atoms with van der Waals surface area (Å²) in [5, 5.41) is 3.27. The third kappa shape index (κ3) is 3.05. The number of hydrogen-bond donors (Lipinski definition) is 2. The van der Waals surface area contributed by atoms with Gasteiger partial charge in [-0.3, -0.25) is 0 Å². The Morgan fingerprint density at radius 2 is 2.15 bits per heavy atom. The predicted octanol–water partition coefficient (Wildman–Crippen LogP) is 0.210. The summed E-state index contributed by atoms with van der Waals surface area (Å²) in [7, 11) is 3.42. The lowest BCUT2D eigenvalue weighted by atomic mass is 10.1. The van der Waals surface area contributed by atoms with Crippen molar-refractivity contribution in [3.63, 3.8) is 0 Å². The van der Waals surface area contributed by atoms with Gasteiger partial charge < -0.3 is 25.9 Å². The average molecular weight is 301 g/mol. The van der Waals surface area contributed by atoms with Gasteiger partial charge >= 0.3 is 5.97 Å². The van der Waals surface area contributed by atoms with Crippen LogP contribution in [0, 0.1) is 0 Å². The number of carbonyl (C=O) groups is 1. The van der Waals surface area contributed by atoms with Crippen molar-refractivity contribution in [1.29, 1.82) is 0 Å². The molecule has 4 N–H and O–H groups in total. The number of carbonyl (C=O) groups excluding carboxylic acids is 1. The van der Waals surface area contributed by atoms with Crippen LogP contribution in [0.25, 0.3) is 0 Å². The minimum atomic E-state index is -0.494. The van der Waals surface area contributed by atoms with Gasteiger partial charge in [0.25, 0.3) is 0 Å². The molecule has 1 aliphatic rings. The van der Waals surface area contributed by atoms with E-state index in [2.05, 4.69) is 9.99 Å². The van der Waals surface area contributed by atoms with E-state index in [4.69, 9.17) is 16.2 Å². The van der Waals surface area contributed by atoms with Crippen molar-refractivity contribution < 1.29 is 14.4 Å². The van der Waals surface area contributed by atoms with E-state index in [-0.39, 0.29) is 18.4 Å². The first kappa shape index (κ1) is 15.9. The number of hydrogen-bond acceptors (Lipinski definition) is 5. The van der Waals surface area contributed by atoms with E-state index >= 15 is 0 Å². The van der Waals surface area contributed by atoms with Crippen LogP contribution in [0.4, 0.5) is 5.69 Å². The zero-order valence-corrected chi connectivity index (χ0v) is 12.0. The zero-order valence-electron chi connectivity index (χ0n) is 11.2. The summed E-state index contributed by atoms with van der Waals surface area (Å²) in [6.45, 7) is 0. The molecule has 0 saturated heterocycles. The Bertz CT molecular complexity index is 531. The number of likely N-dealkylation sites (N-methyl/N-ethyl adjacent to an activating group) is 1. The van der Waals surface area contributed by atoms with Gasteiger partial charge in [-0.15, -0.1) is 12.4 Å². The second kappa shape index (κ2) is 6.33. The highest BCUT2D eigenvalue weighted by atomic mass is 35.5. The molecular formula is C12H17ClN4O3. The minimum Gasteiger partial charge on any atom is -0.497 e. The fourth-order valence-electron chi connectivity index (χ4n) is 2.11. The monoisotopic (exact) mass is 300 g/mol. The molecule has 0 aromatic heterocycles. The Morgan fingerprint density at radius 3 is 2.75 bits per heavy atom. The molecule has 110 valence electrons. The zero-order chi connectivity index (χ0) is 14.0. The number of nitrogens with zero attached hydrogens (tertiary/aromatic N) is 2. The fraction of sp³-hybridized carbons (Fsp3) is 0.333. The summed E-state index contributed by atoms with van der Waals surface area (Å²) in [4.78, 5) is 18.4. The predicted molar refractivity (Wildman–Crippen MR) is 78.0 cm³/mol. The average Bonchev–Trinajstić information content (AvgIpc) is 2.72. The van der Waals surface area contributed by atoms with Crippen LogP contribution in [0.1, 0.15) is 5.56 Å². The first-order chi connectivity index (χ1) is 9.02. The smallest absolute Gasteiger partial charge is 0.357 e. The second-order valence-corrected chi connectivity index (χ2v) is 4.25. The highest BCUT2D eigenvalue weighted by molar-refractivity contribution is 5.85. The van der Waals surface area contributed by atoms with Crippen molar-refractivity contribution in [2.24, 2.45) is 16.6 Å². The molecule has 1 aromatic carbocycles. The molecular weight excluding hydrogens is 284 g/mol. The van der Waals surface area contributed by atoms with Crippen LogP contribution in [-0.2, 0) is 16.1 Å². The second-order valence-electron chi connectivity index (χ2n) is 4.25. The van der Waals surface area contributed by atoms with Crippen LogP contribution in [0.15, 0.2) is 23.4 Å². The Balaban J connectivity index is 0.00000200. The number of methoxy groups -OCH3 is 1. The summed E-state index contributed by atoms with van der Waals surface area (Å²) in [5.41, 5.74) is 12.2. The van der Waals surface area contributed by atoms with Crippen molar-refractivity contribution in [2.45, 2.75) is 12.5 Å². The van der Waals surface area contributed by atoms with Gasteiger partial charge in [-0.05, 0) is 28.9 Å². The van der Waals surface area contributed by atoms with Gasteiger partial charge in [0.1, 0.15) is 11.8 Å². The lowest BCUT2D eigenvalue weighted by molar-refractivity contribution is -0.145. The number of benzene rings is 1. The molecule has 7 nitrogen and oxygen atoms in total. The lowest BCUT2D eigenvalue weighted by Gasteiger charge is -2.19. The summed E-state index contributed by atoms with van der Waals surface area (Å²) < 4.78 is 5.16. The highest BCUT2D eigenvalue weighted by Gasteiger charge is 2.33. The Labute approximate surface area is 122 Å². The largest absolute Gasteiger partial charge is 0.497 e. The van der Waals surface area contributed by atoms with Gasteiger partial charge in [0.15, 0.2) is 0 Å². The van der Waals surface area contributed by atoms with Crippen molar-refractivity contribution in [3.8, 4) is 5.75 Å². The van der Waals surface area contributed by atoms with E-state index in [1.165, 1.54) is 0 Å². The van der Waals surface area contributed by atoms with Gasteiger partial charge in [0.05, 0.1) is 7.11 Å². The number of anilines is 1. The van der Waals surface area contributed by atoms with E-state index in [0.29, 0.717) is 6.42 Å². The van der Waals surface area contributed by atoms with Crippen molar-refractivity contribution in [1.82, 2.24) is 0 Å². The molecule has 1 heterocycles. The van der Waals surface area contributed by atoms with Crippen LogP contribution in [0.2, 0.25) is 0 Å². The highest BCUT2D eigenvalue weighted by Crippen LogP contribution is 2.33. The molecule has 1 atom stereocenters. The maximum Gasteiger partial charge on any atom is 0.357 e. The summed E-state index contributed by atoms with van der Waals surface area (Å²) in [5.74, 6) is -0.0235. The summed E-state index contributed by atoms with van der Waals surface area (Å²) in [6, 6.07) is 5.21.